The van der Waals surface area contributed by atoms with Crippen molar-refractivity contribution < 1.29 is 5.11 Å². The van der Waals surface area contributed by atoms with Gasteiger partial charge in [-0.25, -0.2) is 0 Å². The highest BCUT2D eigenvalue weighted by atomic mass is 32.1. The molecule has 0 bridgehead atoms. The van der Waals surface area contributed by atoms with Gasteiger partial charge in [0, 0.05) is 50.8 Å². The summed E-state index contributed by atoms with van der Waals surface area (Å²) >= 11 is 1.69. The Morgan fingerprint density at radius 3 is 2.87 bits per heavy atom. The molecule has 0 aliphatic carbocycles. The lowest BCUT2D eigenvalue weighted by Gasteiger charge is -2.21. The number of rotatable bonds is 7. The zero-order chi connectivity index (χ0) is 16.1. The van der Waals surface area contributed by atoms with E-state index in [1.54, 1.807) is 17.5 Å². The van der Waals surface area contributed by atoms with Crippen molar-refractivity contribution in [3.63, 3.8) is 0 Å². The first-order chi connectivity index (χ1) is 11.3. The summed E-state index contributed by atoms with van der Waals surface area (Å²) in [7, 11) is 1.94. The average Bonchev–Trinajstić information content (AvgIpc) is 3.18. The molecule has 0 saturated heterocycles. The van der Waals surface area contributed by atoms with Crippen LogP contribution in [-0.4, -0.2) is 37.9 Å². The van der Waals surface area contributed by atoms with Crippen LogP contribution in [0.15, 0.2) is 48.2 Å². The van der Waals surface area contributed by atoms with Crippen molar-refractivity contribution in [3.05, 3.63) is 59.4 Å². The summed E-state index contributed by atoms with van der Waals surface area (Å²) in [6, 6.07) is 8.13. The monoisotopic (exact) mass is 328 g/mol. The molecule has 120 valence electrons. The van der Waals surface area contributed by atoms with Crippen LogP contribution in [0.4, 0.5) is 0 Å². The molecule has 23 heavy (non-hydrogen) atoms. The minimum atomic E-state index is 0.134. The van der Waals surface area contributed by atoms with Gasteiger partial charge in [0.2, 0.25) is 0 Å². The standard InChI is InChI=1S/C17H20N4OS/c1-20-12-15(17(19-20)16-5-3-9-23-16)13-21(7-8-22)11-14-4-2-6-18-10-14/h2-6,9-10,12,22H,7-8,11,13H2,1H3. The Labute approximate surface area is 139 Å². The summed E-state index contributed by atoms with van der Waals surface area (Å²) in [5.41, 5.74) is 3.34. The first-order valence-electron chi connectivity index (χ1n) is 7.55. The maximum absolute atomic E-state index is 9.38. The van der Waals surface area contributed by atoms with Gasteiger partial charge in [-0.15, -0.1) is 11.3 Å². The van der Waals surface area contributed by atoms with Crippen LogP contribution in [0, 0.1) is 0 Å². The summed E-state index contributed by atoms with van der Waals surface area (Å²) in [5.74, 6) is 0. The lowest BCUT2D eigenvalue weighted by Crippen LogP contribution is -2.26. The van der Waals surface area contributed by atoms with Gasteiger partial charge < -0.3 is 5.11 Å². The van der Waals surface area contributed by atoms with Crippen molar-refractivity contribution in [3.8, 4) is 10.6 Å². The Kier molecular flexibility index (Phi) is 5.17. The van der Waals surface area contributed by atoms with Crippen LogP contribution < -0.4 is 0 Å². The van der Waals surface area contributed by atoms with Crippen LogP contribution in [0.25, 0.3) is 10.6 Å². The maximum atomic E-state index is 9.38. The fourth-order valence-electron chi connectivity index (χ4n) is 2.62. The van der Waals surface area contributed by atoms with Gasteiger partial charge in [0.25, 0.3) is 0 Å². The summed E-state index contributed by atoms with van der Waals surface area (Å²) in [6.45, 7) is 2.26. The van der Waals surface area contributed by atoms with Crippen LogP contribution in [0.1, 0.15) is 11.1 Å². The highest BCUT2D eigenvalue weighted by Crippen LogP contribution is 2.27. The Morgan fingerprint density at radius 2 is 2.17 bits per heavy atom. The van der Waals surface area contributed by atoms with E-state index in [9.17, 15) is 5.11 Å². The van der Waals surface area contributed by atoms with Crippen LogP contribution in [-0.2, 0) is 20.1 Å². The second-order valence-electron chi connectivity index (χ2n) is 5.45. The number of thiophene rings is 1. The molecule has 0 fully saturated rings. The number of aliphatic hydroxyl groups is 1. The molecule has 0 spiro atoms. The molecule has 5 nitrogen and oxygen atoms in total. The zero-order valence-electron chi connectivity index (χ0n) is 13.1. The molecule has 6 heteroatoms. The van der Waals surface area contributed by atoms with E-state index in [-0.39, 0.29) is 6.61 Å². The summed E-state index contributed by atoms with van der Waals surface area (Å²) in [4.78, 5) is 7.55. The SMILES string of the molecule is Cn1cc(CN(CCO)Cc2cccnc2)c(-c2cccs2)n1. The highest BCUT2D eigenvalue weighted by Gasteiger charge is 2.15. The topological polar surface area (TPSA) is 54.2 Å². The van der Waals surface area contributed by atoms with E-state index in [0.29, 0.717) is 6.54 Å². The fourth-order valence-corrected chi connectivity index (χ4v) is 3.36. The molecular formula is C17H20N4OS. The first-order valence-corrected chi connectivity index (χ1v) is 8.42. The van der Waals surface area contributed by atoms with E-state index in [1.165, 1.54) is 10.4 Å². The minimum Gasteiger partial charge on any atom is -0.395 e. The number of pyridine rings is 1. The van der Waals surface area contributed by atoms with E-state index >= 15 is 0 Å². The Hall–Kier alpha value is -2.02. The fraction of sp³-hybridized carbons (Fsp3) is 0.294. The van der Waals surface area contributed by atoms with Crippen LogP contribution in [0.2, 0.25) is 0 Å². The molecule has 0 radical (unpaired) electrons. The van der Waals surface area contributed by atoms with E-state index in [1.807, 2.05) is 30.1 Å². The molecule has 3 aromatic rings. The van der Waals surface area contributed by atoms with Gasteiger partial charge in [0.1, 0.15) is 5.69 Å². The van der Waals surface area contributed by atoms with E-state index < -0.39 is 0 Å². The third-order valence-corrected chi connectivity index (χ3v) is 4.47. The van der Waals surface area contributed by atoms with Gasteiger partial charge in [-0.05, 0) is 23.1 Å². The number of aliphatic hydroxyl groups excluding tert-OH is 1. The van der Waals surface area contributed by atoms with Crippen molar-refractivity contribution in [2.75, 3.05) is 13.2 Å². The van der Waals surface area contributed by atoms with Gasteiger partial charge >= 0.3 is 0 Å². The van der Waals surface area contributed by atoms with Crippen LogP contribution in [0.5, 0.6) is 0 Å². The molecule has 0 aromatic carbocycles. The molecule has 0 saturated carbocycles. The number of hydrogen-bond donors (Lipinski definition) is 1. The third kappa shape index (κ3) is 4.04. The van der Waals surface area contributed by atoms with E-state index in [0.717, 1.165) is 24.3 Å². The van der Waals surface area contributed by atoms with Crippen LogP contribution in [0.3, 0.4) is 0 Å². The van der Waals surface area contributed by atoms with Crippen molar-refractivity contribution in [2.45, 2.75) is 13.1 Å². The molecule has 1 N–H and O–H groups in total. The summed E-state index contributed by atoms with van der Waals surface area (Å²) in [6.07, 6.45) is 5.70. The molecule has 0 unspecified atom stereocenters. The van der Waals surface area contributed by atoms with Crippen molar-refractivity contribution in [1.82, 2.24) is 19.7 Å². The number of hydrogen-bond acceptors (Lipinski definition) is 5. The Balaban J connectivity index is 1.80. The third-order valence-electron chi connectivity index (χ3n) is 3.60. The molecule has 0 amide bonds. The number of aromatic nitrogens is 3. The molecule has 0 atom stereocenters. The van der Waals surface area contributed by atoms with Gasteiger partial charge in [0.05, 0.1) is 11.5 Å². The Bertz CT molecular complexity index is 724. The van der Waals surface area contributed by atoms with E-state index in [2.05, 4.69) is 38.7 Å². The molecule has 3 rings (SSSR count). The Morgan fingerprint density at radius 1 is 1.26 bits per heavy atom. The predicted molar refractivity (Wildman–Crippen MR) is 92.0 cm³/mol. The molecule has 0 aliphatic heterocycles. The number of nitrogens with zero attached hydrogens (tertiary/aromatic N) is 4. The first kappa shape index (κ1) is 15.9. The van der Waals surface area contributed by atoms with Gasteiger partial charge in [-0.3, -0.25) is 14.6 Å². The molecule has 3 heterocycles. The molecular weight excluding hydrogens is 308 g/mol. The maximum Gasteiger partial charge on any atom is 0.107 e. The second kappa shape index (κ2) is 7.50. The lowest BCUT2D eigenvalue weighted by molar-refractivity contribution is 0.184. The predicted octanol–water partition coefficient (Wildman–Crippen LogP) is 2.54. The largest absolute Gasteiger partial charge is 0.395 e. The normalized spacial score (nSPS) is 11.3. The van der Waals surface area contributed by atoms with Crippen molar-refractivity contribution in [2.24, 2.45) is 7.05 Å². The quantitative estimate of drug-likeness (QED) is 0.724. The van der Waals surface area contributed by atoms with Gasteiger partial charge in [0.15, 0.2) is 0 Å². The molecule has 3 aromatic heterocycles. The highest BCUT2D eigenvalue weighted by molar-refractivity contribution is 7.13. The molecule has 0 aliphatic rings. The zero-order valence-corrected chi connectivity index (χ0v) is 13.9. The van der Waals surface area contributed by atoms with Gasteiger partial charge in [-0.2, -0.15) is 5.10 Å². The average molecular weight is 328 g/mol. The van der Waals surface area contributed by atoms with Crippen molar-refractivity contribution >= 4 is 11.3 Å². The summed E-state index contributed by atoms with van der Waals surface area (Å²) < 4.78 is 1.85. The van der Waals surface area contributed by atoms with Crippen LogP contribution >= 0.6 is 11.3 Å². The minimum absolute atomic E-state index is 0.134. The smallest absolute Gasteiger partial charge is 0.107 e. The second-order valence-corrected chi connectivity index (χ2v) is 6.40. The van der Waals surface area contributed by atoms with Gasteiger partial charge in [-0.1, -0.05) is 12.1 Å². The number of aryl methyl sites for hydroxylation is 1. The lowest BCUT2D eigenvalue weighted by atomic mass is 10.2. The summed E-state index contributed by atoms with van der Waals surface area (Å²) in [5, 5.41) is 16.0. The van der Waals surface area contributed by atoms with Crippen molar-refractivity contribution in [1.29, 1.82) is 0 Å². The van der Waals surface area contributed by atoms with E-state index in [4.69, 9.17) is 0 Å².